The first-order chi connectivity index (χ1) is 7.65. The third kappa shape index (κ3) is 1.60. The Morgan fingerprint density at radius 2 is 2.00 bits per heavy atom. The molecule has 0 aromatic heterocycles. The average molecular weight is 220 g/mol. The minimum atomic E-state index is 0.0518. The number of hydrogen-bond acceptors (Lipinski definition) is 2. The maximum Gasteiger partial charge on any atom is 0.320 e. The number of nitrogens with zero attached hydrogens (tertiary/aromatic N) is 2. The van der Waals surface area contributed by atoms with Gasteiger partial charge in [0.25, 0.3) is 0 Å². The predicted octanol–water partition coefficient (Wildman–Crippen LogP) is 1.73. The molecule has 16 heavy (non-hydrogen) atoms. The van der Waals surface area contributed by atoms with Crippen molar-refractivity contribution in [1.29, 1.82) is 0 Å². The van der Waals surface area contributed by atoms with Crippen molar-refractivity contribution < 1.29 is 9.53 Å². The van der Waals surface area contributed by atoms with Gasteiger partial charge in [0.2, 0.25) is 0 Å². The summed E-state index contributed by atoms with van der Waals surface area (Å²) in [6.07, 6.45) is 0. The first kappa shape index (κ1) is 10.8. The minimum absolute atomic E-state index is 0.0518. The topological polar surface area (TPSA) is 32.8 Å². The fourth-order valence-corrected chi connectivity index (χ4v) is 2.11. The highest BCUT2D eigenvalue weighted by molar-refractivity contribution is 5.77. The van der Waals surface area contributed by atoms with Crippen LogP contribution in [0.2, 0.25) is 0 Å². The molecule has 1 saturated heterocycles. The Hall–Kier alpha value is -1.71. The van der Waals surface area contributed by atoms with Crippen LogP contribution in [0.25, 0.3) is 0 Å². The standard InChI is InChI=1S/C12H16N2O2/c1-13-8-10(14(2)12(13)15)9-6-4-5-7-11(9)16-3/h4-7,10H,8H2,1-3H3. The summed E-state index contributed by atoms with van der Waals surface area (Å²) in [4.78, 5) is 15.2. The summed E-state index contributed by atoms with van der Waals surface area (Å²) < 4.78 is 5.32. The van der Waals surface area contributed by atoms with Crippen LogP contribution in [0.1, 0.15) is 11.6 Å². The summed E-state index contributed by atoms with van der Waals surface area (Å²) >= 11 is 0. The number of ether oxygens (including phenoxy) is 1. The Morgan fingerprint density at radius 1 is 1.31 bits per heavy atom. The number of para-hydroxylation sites is 1. The fourth-order valence-electron chi connectivity index (χ4n) is 2.11. The molecule has 86 valence electrons. The van der Waals surface area contributed by atoms with Gasteiger partial charge >= 0.3 is 6.03 Å². The average Bonchev–Trinajstić information content (AvgIpc) is 2.57. The molecule has 1 fully saturated rings. The van der Waals surface area contributed by atoms with Gasteiger partial charge in [-0.05, 0) is 6.07 Å². The molecule has 0 spiro atoms. The van der Waals surface area contributed by atoms with E-state index in [0.29, 0.717) is 6.54 Å². The van der Waals surface area contributed by atoms with E-state index in [-0.39, 0.29) is 12.1 Å². The van der Waals surface area contributed by atoms with Gasteiger partial charge in [-0.2, -0.15) is 0 Å². The van der Waals surface area contributed by atoms with Crippen molar-refractivity contribution in [3.63, 3.8) is 0 Å². The second-order valence-corrected chi connectivity index (χ2v) is 4.03. The molecule has 0 radical (unpaired) electrons. The molecule has 1 aliphatic heterocycles. The van der Waals surface area contributed by atoms with Gasteiger partial charge in [-0.1, -0.05) is 18.2 Å². The number of likely N-dealkylation sites (N-methyl/N-ethyl adjacent to an activating group) is 2. The molecule has 4 heteroatoms. The molecule has 1 unspecified atom stereocenters. The van der Waals surface area contributed by atoms with E-state index < -0.39 is 0 Å². The normalized spacial score (nSPS) is 20.4. The second-order valence-electron chi connectivity index (χ2n) is 4.03. The minimum Gasteiger partial charge on any atom is -0.496 e. The number of hydrogen-bond donors (Lipinski definition) is 0. The first-order valence-electron chi connectivity index (χ1n) is 5.26. The lowest BCUT2D eigenvalue weighted by molar-refractivity contribution is 0.201. The number of amides is 2. The lowest BCUT2D eigenvalue weighted by Crippen LogP contribution is -2.26. The Bertz CT molecular complexity index is 406. The lowest BCUT2D eigenvalue weighted by Gasteiger charge is -2.20. The zero-order valence-corrected chi connectivity index (χ0v) is 9.80. The quantitative estimate of drug-likeness (QED) is 0.760. The van der Waals surface area contributed by atoms with Crippen LogP contribution in [0, 0.1) is 0 Å². The van der Waals surface area contributed by atoms with Crippen molar-refractivity contribution in [1.82, 2.24) is 9.80 Å². The highest BCUT2D eigenvalue weighted by Crippen LogP contribution is 2.32. The van der Waals surface area contributed by atoms with Crippen LogP contribution in [-0.2, 0) is 0 Å². The van der Waals surface area contributed by atoms with Crippen molar-refractivity contribution in [3.05, 3.63) is 29.8 Å². The maximum absolute atomic E-state index is 11.7. The Balaban J connectivity index is 2.35. The summed E-state index contributed by atoms with van der Waals surface area (Å²) in [5.41, 5.74) is 1.06. The number of carbonyl (C=O) groups is 1. The van der Waals surface area contributed by atoms with Gasteiger partial charge in [0.1, 0.15) is 5.75 Å². The van der Waals surface area contributed by atoms with Crippen molar-refractivity contribution in [2.24, 2.45) is 0 Å². The smallest absolute Gasteiger partial charge is 0.320 e. The summed E-state index contributed by atoms with van der Waals surface area (Å²) in [5.74, 6) is 0.836. The lowest BCUT2D eigenvalue weighted by atomic mass is 10.1. The van der Waals surface area contributed by atoms with Crippen LogP contribution in [-0.4, -0.2) is 43.6 Å². The van der Waals surface area contributed by atoms with Crippen LogP contribution in [0.15, 0.2) is 24.3 Å². The van der Waals surface area contributed by atoms with Gasteiger partial charge in [-0.15, -0.1) is 0 Å². The molecule has 1 aromatic rings. The third-order valence-corrected chi connectivity index (χ3v) is 3.04. The van der Waals surface area contributed by atoms with Crippen molar-refractivity contribution in [2.45, 2.75) is 6.04 Å². The van der Waals surface area contributed by atoms with Crippen LogP contribution in [0.4, 0.5) is 4.79 Å². The number of carbonyl (C=O) groups excluding carboxylic acids is 1. The molecule has 0 N–H and O–H groups in total. The molecular weight excluding hydrogens is 204 g/mol. The van der Waals surface area contributed by atoms with Gasteiger partial charge < -0.3 is 14.5 Å². The van der Waals surface area contributed by atoms with Gasteiger partial charge in [-0.3, -0.25) is 0 Å². The number of methoxy groups -OCH3 is 1. The fraction of sp³-hybridized carbons (Fsp3) is 0.417. The summed E-state index contributed by atoms with van der Waals surface area (Å²) in [6, 6.07) is 7.96. The van der Waals surface area contributed by atoms with Gasteiger partial charge in [0.15, 0.2) is 0 Å². The SMILES string of the molecule is COc1ccccc1C1CN(C)C(=O)N1C. The van der Waals surface area contributed by atoms with Gasteiger partial charge in [0, 0.05) is 26.2 Å². The van der Waals surface area contributed by atoms with Gasteiger partial charge in [0.05, 0.1) is 13.2 Å². The number of rotatable bonds is 2. The van der Waals surface area contributed by atoms with E-state index in [9.17, 15) is 4.79 Å². The number of urea groups is 1. The predicted molar refractivity (Wildman–Crippen MR) is 61.5 cm³/mol. The second kappa shape index (κ2) is 4.04. The van der Waals surface area contributed by atoms with E-state index >= 15 is 0 Å². The van der Waals surface area contributed by atoms with Crippen molar-refractivity contribution >= 4 is 6.03 Å². The molecular formula is C12H16N2O2. The Morgan fingerprint density at radius 3 is 2.56 bits per heavy atom. The highest BCUT2D eigenvalue weighted by atomic mass is 16.5. The molecule has 1 aromatic carbocycles. The van der Waals surface area contributed by atoms with E-state index in [1.165, 1.54) is 0 Å². The summed E-state index contributed by atoms with van der Waals surface area (Å²) in [7, 11) is 5.29. The van der Waals surface area contributed by atoms with Crippen LogP contribution >= 0.6 is 0 Å². The van der Waals surface area contributed by atoms with E-state index in [1.807, 2.05) is 38.4 Å². The van der Waals surface area contributed by atoms with E-state index in [2.05, 4.69) is 0 Å². The Kier molecular flexibility index (Phi) is 2.73. The monoisotopic (exact) mass is 220 g/mol. The van der Waals surface area contributed by atoms with Crippen LogP contribution in [0.3, 0.4) is 0 Å². The molecule has 1 heterocycles. The van der Waals surface area contributed by atoms with E-state index in [1.54, 1.807) is 16.9 Å². The molecule has 0 saturated carbocycles. The molecule has 4 nitrogen and oxygen atoms in total. The molecule has 2 rings (SSSR count). The van der Waals surface area contributed by atoms with Crippen molar-refractivity contribution in [3.8, 4) is 5.75 Å². The van der Waals surface area contributed by atoms with Gasteiger partial charge in [-0.25, -0.2) is 4.79 Å². The molecule has 1 atom stereocenters. The summed E-state index contributed by atoms with van der Waals surface area (Å²) in [6.45, 7) is 0.704. The molecule has 2 amide bonds. The van der Waals surface area contributed by atoms with Crippen LogP contribution in [0.5, 0.6) is 5.75 Å². The highest BCUT2D eigenvalue weighted by Gasteiger charge is 2.34. The van der Waals surface area contributed by atoms with Crippen molar-refractivity contribution in [2.75, 3.05) is 27.7 Å². The number of benzene rings is 1. The third-order valence-electron chi connectivity index (χ3n) is 3.04. The molecule has 0 aliphatic carbocycles. The first-order valence-corrected chi connectivity index (χ1v) is 5.26. The largest absolute Gasteiger partial charge is 0.496 e. The molecule has 0 bridgehead atoms. The van der Waals surface area contributed by atoms with Crippen LogP contribution < -0.4 is 4.74 Å². The zero-order valence-electron chi connectivity index (χ0n) is 9.80. The van der Waals surface area contributed by atoms with E-state index in [4.69, 9.17) is 4.74 Å². The molecule has 1 aliphatic rings. The van der Waals surface area contributed by atoms with E-state index in [0.717, 1.165) is 11.3 Å². The zero-order chi connectivity index (χ0) is 11.7. The Labute approximate surface area is 95.4 Å². The summed E-state index contributed by atoms with van der Waals surface area (Å²) in [5, 5.41) is 0. The maximum atomic E-state index is 11.7.